The minimum Gasteiger partial charge on any atom is -0.195 e. The molecule has 2 fully saturated rings. The van der Waals surface area contributed by atoms with Crippen LogP contribution >= 0.6 is 0 Å². The summed E-state index contributed by atoms with van der Waals surface area (Å²) in [6.07, 6.45) is 16.5. The molecule has 2 saturated carbocycles. The maximum Gasteiger partial charge on any atom is 0.196 e. The van der Waals surface area contributed by atoms with Crippen LogP contribution in [0.25, 0.3) is 0 Å². The Labute approximate surface area is 148 Å². The van der Waals surface area contributed by atoms with Crippen LogP contribution in [0.1, 0.15) is 84.0 Å². The first kappa shape index (κ1) is 19.2. The normalized spacial score (nSPS) is 31.5. The van der Waals surface area contributed by atoms with Gasteiger partial charge in [0.15, 0.2) is 5.83 Å². The van der Waals surface area contributed by atoms with Crippen molar-refractivity contribution in [1.82, 2.24) is 0 Å². The van der Waals surface area contributed by atoms with Gasteiger partial charge in [0.25, 0.3) is 0 Å². The molecule has 0 aromatic carbocycles. The summed E-state index contributed by atoms with van der Waals surface area (Å²) in [5.41, 5.74) is 1.54. The first-order valence-electron chi connectivity index (χ1n) is 10.1. The molecule has 24 heavy (non-hydrogen) atoms. The Hall–Kier alpha value is -1.10. The van der Waals surface area contributed by atoms with E-state index in [1.807, 2.05) is 0 Å². The number of nitrogens with zero attached hydrogens (tertiary/aromatic N) is 1. The molecule has 0 aliphatic heterocycles. The van der Waals surface area contributed by atoms with Crippen molar-refractivity contribution in [2.24, 2.45) is 23.7 Å². The van der Waals surface area contributed by atoms with Gasteiger partial charge in [0.1, 0.15) is 6.07 Å². The fourth-order valence-electron chi connectivity index (χ4n) is 4.88. The Morgan fingerprint density at radius 3 is 1.96 bits per heavy atom. The van der Waals surface area contributed by atoms with Gasteiger partial charge in [-0.2, -0.15) is 9.65 Å². The van der Waals surface area contributed by atoms with Crippen molar-refractivity contribution in [3.05, 3.63) is 24.1 Å². The molecule has 2 aliphatic carbocycles. The Bertz CT molecular complexity index is 457. The third-order valence-corrected chi connectivity index (χ3v) is 6.44. The van der Waals surface area contributed by atoms with Gasteiger partial charge in [0.2, 0.25) is 0 Å². The highest BCUT2D eigenvalue weighted by molar-refractivity contribution is 5.11. The van der Waals surface area contributed by atoms with Crippen LogP contribution in [0.3, 0.4) is 0 Å². The van der Waals surface area contributed by atoms with Gasteiger partial charge >= 0.3 is 0 Å². The predicted octanol–water partition coefficient (Wildman–Crippen LogP) is 7.11. The van der Waals surface area contributed by atoms with E-state index in [0.29, 0.717) is 12.3 Å². The van der Waals surface area contributed by atoms with Crippen LogP contribution in [0.15, 0.2) is 24.1 Å². The third-order valence-electron chi connectivity index (χ3n) is 6.44. The summed E-state index contributed by atoms with van der Waals surface area (Å²) in [5, 5.41) is 8.43. The highest BCUT2D eigenvalue weighted by Gasteiger charge is 2.29. The summed E-state index contributed by atoms with van der Waals surface area (Å²) < 4.78 is 12.8. The van der Waals surface area contributed by atoms with E-state index in [9.17, 15) is 4.39 Å². The highest BCUT2D eigenvalue weighted by Crippen LogP contribution is 2.42. The summed E-state index contributed by atoms with van der Waals surface area (Å²) in [6.45, 7) is 6.80. The molecule has 1 nitrogen and oxygen atoms in total. The molecular weight excluding hydrogens is 297 g/mol. The average Bonchev–Trinajstić information content (AvgIpc) is 2.62. The van der Waals surface area contributed by atoms with Crippen LogP contribution in [0, 0.1) is 35.0 Å². The number of nitriles is 1. The minimum absolute atomic E-state index is 0.629. The Morgan fingerprint density at radius 1 is 1.00 bits per heavy atom. The lowest BCUT2D eigenvalue weighted by atomic mass is 9.70. The van der Waals surface area contributed by atoms with Crippen LogP contribution in [0.2, 0.25) is 0 Å². The molecule has 2 rings (SSSR count). The summed E-state index contributed by atoms with van der Waals surface area (Å²) in [6, 6.07) is 1.55. The van der Waals surface area contributed by atoms with E-state index in [1.54, 1.807) is 11.6 Å². The molecular formula is C22H34FN. The van der Waals surface area contributed by atoms with E-state index in [1.165, 1.54) is 70.3 Å². The number of rotatable bonds is 7. The standard InChI is InChI=1S/C22H34FN/c1-3-5-18-8-12-20(13-9-18)17(2)21-14-10-19(11-15-21)6-4-7-22(23)16-24/h7,18-21H,2-6,8-15H2,1H3/b22-7-/t18-,19-,20-,21-. The van der Waals surface area contributed by atoms with Crippen molar-refractivity contribution >= 4 is 0 Å². The van der Waals surface area contributed by atoms with Crippen molar-refractivity contribution in [1.29, 1.82) is 5.26 Å². The second kappa shape index (κ2) is 10.0. The van der Waals surface area contributed by atoms with Crippen LogP contribution < -0.4 is 0 Å². The van der Waals surface area contributed by atoms with Crippen molar-refractivity contribution in [3.8, 4) is 6.07 Å². The molecule has 0 amide bonds. The summed E-state index contributed by atoms with van der Waals surface area (Å²) in [5.74, 6) is 2.54. The Morgan fingerprint density at radius 2 is 1.50 bits per heavy atom. The smallest absolute Gasteiger partial charge is 0.195 e. The largest absolute Gasteiger partial charge is 0.196 e. The fraction of sp³-hybridized carbons (Fsp3) is 0.773. The SMILES string of the molecule is C=C([C@H]1CC[C@H](CCC)CC1)[C@H]1CC[C@H](CC/C=C(\F)C#N)CC1. The molecule has 0 saturated heterocycles. The molecule has 0 N–H and O–H groups in total. The Balaban J connectivity index is 1.69. The molecule has 0 spiro atoms. The zero-order chi connectivity index (χ0) is 17.4. The molecule has 2 aliphatic rings. The number of halogens is 1. The topological polar surface area (TPSA) is 23.8 Å². The van der Waals surface area contributed by atoms with Gasteiger partial charge in [-0.05, 0) is 94.0 Å². The van der Waals surface area contributed by atoms with Gasteiger partial charge in [-0.15, -0.1) is 0 Å². The second-order valence-corrected chi connectivity index (χ2v) is 8.04. The highest BCUT2D eigenvalue weighted by atomic mass is 19.1. The van der Waals surface area contributed by atoms with Crippen LogP contribution in [0.4, 0.5) is 4.39 Å². The van der Waals surface area contributed by atoms with Gasteiger partial charge in [-0.1, -0.05) is 31.9 Å². The quantitative estimate of drug-likeness (QED) is 0.360. The zero-order valence-corrected chi connectivity index (χ0v) is 15.4. The predicted molar refractivity (Wildman–Crippen MR) is 99.0 cm³/mol. The summed E-state index contributed by atoms with van der Waals surface area (Å²) in [4.78, 5) is 0. The number of hydrogen-bond acceptors (Lipinski definition) is 1. The summed E-state index contributed by atoms with van der Waals surface area (Å²) >= 11 is 0. The molecule has 0 unspecified atom stereocenters. The van der Waals surface area contributed by atoms with Crippen molar-refractivity contribution in [2.45, 2.75) is 84.0 Å². The fourth-order valence-corrected chi connectivity index (χ4v) is 4.88. The van der Waals surface area contributed by atoms with E-state index in [2.05, 4.69) is 13.5 Å². The Kier molecular flexibility index (Phi) is 8.03. The second-order valence-electron chi connectivity index (χ2n) is 8.04. The van der Waals surface area contributed by atoms with E-state index >= 15 is 0 Å². The van der Waals surface area contributed by atoms with Crippen molar-refractivity contribution in [3.63, 3.8) is 0 Å². The van der Waals surface area contributed by atoms with Crippen molar-refractivity contribution < 1.29 is 4.39 Å². The van der Waals surface area contributed by atoms with Gasteiger partial charge < -0.3 is 0 Å². The third kappa shape index (κ3) is 5.76. The average molecular weight is 332 g/mol. The maximum absolute atomic E-state index is 12.8. The molecule has 0 radical (unpaired) electrons. The molecule has 0 aromatic rings. The first-order chi connectivity index (χ1) is 11.6. The lowest BCUT2D eigenvalue weighted by molar-refractivity contribution is 0.241. The van der Waals surface area contributed by atoms with Crippen LogP contribution in [0.5, 0.6) is 0 Å². The van der Waals surface area contributed by atoms with Crippen molar-refractivity contribution in [2.75, 3.05) is 0 Å². The molecule has 0 bridgehead atoms. The minimum atomic E-state index is -0.629. The zero-order valence-electron chi connectivity index (χ0n) is 15.4. The molecule has 0 atom stereocenters. The number of hydrogen-bond donors (Lipinski definition) is 0. The number of allylic oxidation sites excluding steroid dienone is 3. The van der Waals surface area contributed by atoms with Gasteiger partial charge in [-0.25, -0.2) is 0 Å². The van der Waals surface area contributed by atoms with Crippen LogP contribution in [-0.4, -0.2) is 0 Å². The first-order valence-corrected chi connectivity index (χ1v) is 10.1. The molecule has 134 valence electrons. The van der Waals surface area contributed by atoms with E-state index in [-0.39, 0.29) is 0 Å². The maximum atomic E-state index is 12.8. The summed E-state index contributed by atoms with van der Waals surface area (Å²) in [7, 11) is 0. The van der Waals surface area contributed by atoms with E-state index < -0.39 is 5.83 Å². The van der Waals surface area contributed by atoms with E-state index in [4.69, 9.17) is 5.26 Å². The van der Waals surface area contributed by atoms with Gasteiger partial charge in [0, 0.05) is 0 Å². The van der Waals surface area contributed by atoms with E-state index in [0.717, 1.165) is 24.2 Å². The van der Waals surface area contributed by atoms with Gasteiger partial charge in [0.05, 0.1) is 0 Å². The molecule has 2 heteroatoms. The monoisotopic (exact) mass is 331 g/mol. The van der Waals surface area contributed by atoms with Crippen LogP contribution in [-0.2, 0) is 0 Å². The van der Waals surface area contributed by atoms with Gasteiger partial charge in [-0.3, -0.25) is 0 Å². The molecule has 0 heterocycles. The lowest BCUT2D eigenvalue weighted by Gasteiger charge is -2.36. The molecule has 0 aromatic heterocycles. The lowest BCUT2D eigenvalue weighted by Crippen LogP contribution is -2.23.